The van der Waals surface area contributed by atoms with E-state index in [0.29, 0.717) is 0 Å². The van der Waals surface area contributed by atoms with Gasteiger partial charge in [-0.2, -0.15) is 0 Å². The van der Waals surface area contributed by atoms with Crippen LogP contribution >= 0.6 is 27.3 Å². The Balaban J connectivity index is 1.96. The molecule has 1 atom stereocenters. The molecule has 1 aromatic heterocycles. The first kappa shape index (κ1) is 13.6. The Kier molecular flexibility index (Phi) is 4.80. The number of aryl methyl sites for hydroxylation is 1. The lowest BCUT2D eigenvalue weighted by molar-refractivity contribution is 0.171. The fraction of sp³-hybridized carbons (Fsp3) is 0.286. The predicted octanol–water partition coefficient (Wildman–Crippen LogP) is 4.19. The molecule has 2 aromatic rings. The molecule has 0 aliphatic carbocycles. The first-order chi connectivity index (χ1) is 8.70. The number of hydrogen-bond donors (Lipinski definition) is 1. The molecule has 0 saturated carbocycles. The third-order valence-electron chi connectivity index (χ3n) is 2.79. The largest absolute Gasteiger partial charge is 0.496 e. The Morgan fingerprint density at radius 2 is 2.22 bits per heavy atom. The van der Waals surface area contributed by atoms with Crippen molar-refractivity contribution < 1.29 is 9.84 Å². The zero-order valence-electron chi connectivity index (χ0n) is 10.1. The van der Waals surface area contributed by atoms with E-state index in [1.807, 2.05) is 35.7 Å². The second-order valence-electron chi connectivity index (χ2n) is 4.04. The van der Waals surface area contributed by atoms with Crippen LogP contribution in [-0.4, -0.2) is 12.2 Å². The summed E-state index contributed by atoms with van der Waals surface area (Å²) in [6, 6.07) is 9.95. The highest BCUT2D eigenvalue weighted by molar-refractivity contribution is 9.10. The van der Waals surface area contributed by atoms with Crippen molar-refractivity contribution in [3.63, 3.8) is 0 Å². The highest BCUT2D eigenvalue weighted by atomic mass is 79.9. The minimum Gasteiger partial charge on any atom is -0.496 e. The van der Waals surface area contributed by atoms with Crippen LogP contribution in [0.25, 0.3) is 0 Å². The molecule has 4 heteroatoms. The highest BCUT2D eigenvalue weighted by Crippen LogP contribution is 2.28. The minimum absolute atomic E-state index is 0.370. The van der Waals surface area contributed by atoms with Crippen molar-refractivity contribution in [1.82, 2.24) is 0 Å². The lowest BCUT2D eigenvalue weighted by Gasteiger charge is -2.09. The van der Waals surface area contributed by atoms with Gasteiger partial charge in [0, 0.05) is 4.88 Å². The second-order valence-corrected chi connectivity index (χ2v) is 5.87. The monoisotopic (exact) mass is 326 g/mol. The van der Waals surface area contributed by atoms with Gasteiger partial charge in [-0.25, -0.2) is 0 Å². The van der Waals surface area contributed by atoms with E-state index in [0.717, 1.165) is 27.9 Å². The molecule has 0 saturated heterocycles. The van der Waals surface area contributed by atoms with Gasteiger partial charge in [0.05, 0.1) is 17.7 Å². The van der Waals surface area contributed by atoms with Crippen LogP contribution in [0.5, 0.6) is 5.75 Å². The molecule has 0 aliphatic rings. The van der Waals surface area contributed by atoms with Crippen molar-refractivity contribution in [2.45, 2.75) is 18.9 Å². The molecule has 0 bridgehead atoms. The van der Waals surface area contributed by atoms with Gasteiger partial charge in [-0.1, -0.05) is 12.1 Å². The van der Waals surface area contributed by atoms with Gasteiger partial charge in [0.1, 0.15) is 5.75 Å². The van der Waals surface area contributed by atoms with Crippen molar-refractivity contribution in [2.75, 3.05) is 7.11 Å². The zero-order valence-corrected chi connectivity index (χ0v) is 12.5. The highest BCUT2D eigenvalue weighted by Gasteiger charge is 2.09. The van der Waals surface area contributed by atoms with Crippen LogP contribution in [0.2, 0.25) is 0 Å². The SMILES string of the molecule is COc1ccc(CCC(O)c2cccs2)cc1Br. The van der Waals surface area contributed by atoms with E-state index in [1.54, 1.807) is 18.4 Å². The quantitative estimate of drug-likeness (QED) is 0.892. The molecular weight excluding hydrogens is 312 g/mol. The zero-order chi connectivity index (χ0) is 13.0. The lowest BCUT2D eigenvalue weighted by atomic mass is 10.1. The van der Waals surface area contributed by atoms with Crippen molar-refractivity contribution in [3.8, 4) is 5.75 Å². The summed E-state index contributed by atoms with van der Waals surface area (Å²) in [4.78, 5) is 1.03. The molecule has 0 radical (unpaired) electrons. The summed E-state index contributed by atoms with van der Waals surface area (Å²) >= 11 is 5.06. The van der Waals surface area contributed by atoms with Gasteiger partial charge in [0.15, 0.2) is 0 Å². The Bertz CT molecular complexity index is 497. The molecule has 0 spiro atoms. The third kappa shape index (κ3) is 3.34. The number of hydrogen-bond acceptors (Lipinski definition) is 3. The average molecular weight is 327 g/mol. The maximum absolute atomic E-state index is 10.0. The normalized spacial score (nSPS) is 12.4. The van der Waals surface area contributed by atoms with Crippen LogP contribution in [-0.2, 0) is 6.42 Å². The summed E-state index contributed by atoms with van der Waals surface area (Å²) in [5.41, 5.74) is 1.19. The van der Waals surface area contributed by atoms with Crippen molar-refractivity contribution >= 4 is 27.3 Å². The van der Waals surface area contributed by atoms with E-state index in [1.165, 1.54) is 5.56 Å². The Morgan fingerprint density at radius 3 is 2.83 bits per heavy atom. The maximum atomic E-state index is 10.0. The first-order valence-corrected chi connectivity index (χ1v) is 7.42. The molecule has 0 amide bonds. The van der Waals surface area contributed by atoms with Crippen LogP contribution in [0.15, 0.2) is 40.2 Å². The van der Waals surface area contributed by atoms with Gasteiger partial charge in [-0.05, 0) is 57.9 Å². The number of benzene rings is 1. The topological polar surface area (TPSA) is 29.5 Å². The molecule has 1 aromatic carbocycles. The van der Waals surface area contributed by atoms with Gasteiger partial charge in [-0.15, -0.1) is 11.3 Å². The number of ether oxygens (including phenoxy) is 1. The molecule has 96 valence electrons. The molecule has 1 N–H and O–H groups in total. The van der Waals surface area contributed by atoms with Gasteiger partial charge in [0.2, 0.25) is 0 Å². The Morgan fingerprint density at radius 1 is 1.39 bits per heavy atom. The van der Waals surface area contributed by atoms with E-state index in [9.17, 15) is 5.11 Å². The summed E-state index contributed by atoms with van der Waals surface area (Å²) in [5.74, 6) is 0.831. The molecule has 0 aliphatic heterocycles. The number of aliphatic hydroxyl groups excluding tert-OH is 1. The van der Waals surface area contributed by atoms with E-state index < -0.39 is 0 Å². The van der Waals surface area contributed by atoms with Gasteiger partial charge in [-0.3, -0.25) is 0 Å². The third-order valence-corrected chi connectivity index (χ3v) is 4.39. The lowest BCUT2D eigenvalue weighted by Crippen LogP contribution is -1.97. The fourth-order valence-corrected chi connectivity index (χ4v) is 3.13. The summed E-state index contributed by atoms with van der Waals surface area (Å²) in [6.07, 6.45) is 1.21. The molecule has 18 heavy (non-hydrogen) atoms. The van der Waals surface area contributed by atoms with Crippen molar-refractivity contribution in [2.24, 2.45) is 0 Å². The van der Waals surface area contributed by atoms with Gasteiger partial charge in [0.25, 0.3) is 0 Å². The van der Waals surface area contributed by atoms with Crippen LogP contribution in [0.1, 0.15) is 23.0 Å². The second kappa shape index (κ2) is 6.36. The maximum Gasteiger partial charge on any atom is 0.133 e. The Labute approximate surface area is 119 Å². The average Bonchev–Trinajstić information content (AvgIpc) is 2.90. The van der Waals surface area contributed by atoms with E-state index in [2.05, 4.69) is 15.9 Å². The Hall–Kier alpha value is -0.840. The van der Waals surface area contributed by atoms with Crippen molar-refractivity contribution in [3.05, 3.63) is 50.6 Å². The minimum atomic E-state index is -0.370. The number of aliphatic hydroxyl groups is 1. The molecule has 1 unspecified atom stereocenters. The van der Waals surface area contributed by atoms with Gasteiger partial charge < -0.3 is 9.84 Å². The van der Waals surface area contributed by atoms with Crippen LogP contribution in [0, 0.1) is 0 Å². The van der Waals surface area contributed by atoms with E-state index >= 15 is 0 Å². The number of methoxy groups -OCH3 is 1. The van der Waals surface area contributed by atoms with Gasteiger partial charge >= 0.3 is 0 Å². The number of thiophene rings is 1. The van der Waals surface area contributed by atoms with Crippen molar-refractivity contribution in [1.29, 1.82) is 0 Å². The molecule has 2 nitrogen and oxygen atoms in total. The van der Waals surface area contributed by atoms with Crippen LogP contribution in [0.3, 0.4) is 0 Å². The molecule has 2 rings (SSSR count). The van der Waals surface area contributed by atoms with E-state index in [-0.39, 0.29) is 6.10 Å². The number of rotatable bonds is 5. The molecular formula is C14H15BrO2S. The molecule has 1 heterocycles. The van der Waals surface area contributed by atoms with Crippen LogP contribution in [0.4, 0.5) is 0 Å². The summed E-state index contributed by atoms with van der Waals surface area (Å²) in [7, 11) is 1.65. The van der Waals surface area contributed by atoms with Crippen LogP contribution < -0.4 is 4.74 Å². The standard InChI is InChI=1S/C14H15BrO2S/c1-17-13-7-5-10(9-11(13)15)4-6-12(16)14-3-2-8-18-14/h2-3,5,7-9,12,16H,4,6H2,1H3. The molecule has 0 fully saturated rings. The van der Waals surface area contributed by atoms with E-state index in [4.69, 9.17) is 4.74 Å². The number of halogens is 1. The summed E-state index contributed by atoms with van der Waals surface area (Å²) < 4.78 is 6.14. The summed E-state index contributed by atoms with van der Waals surface area (Å²) in [5, 5.41) is 12.0. The summed E-state index contributed by atoms with van der Waals surface area (Å²) in [6.45, 7) is 0. The fourth-order valence-electron chi connectivity index (χ4n) is 1.79. The first-order valence-electron chi connectivity index (χ1n) is 5.74. The predicted molar refractivity (Wildman–Crippen MR) is 78.3 cm³/mol. The smallest absolute Gasteiger partial charge is 0.133 e.